The van der Waals surface area contributed by atoms with E-state index in [1.54, 1.807) is 0 Å². The normalized spacial score (nSPS) is 11.1. The van der Waals surface area contributed by atoms with Gasteiger partial charge in [0.25, 0.3) is 0 Å². The first kappa shape index (κ1) is 22.5. The molecule has 0 fully saturated rings. The Morgan fingerprint density at radius 2 is 1.68 bits per heavy atom. The number of unbranched alkanes of at least 4 members (excludes halogenated alkanes) is 1. The predicted molar refractivity (Wildman–Crippen MR) is 117 cm³/mol. The zero-order valence-electron chi connectivity index (χ0n) is 17.8. The van der Waals surface area contributed by atoms with Crippen LogP contribution in [0.5, 0.6) is 11.6 Å². The summed E-state index contributed by atoms with van der Waals surface area (Å²) in [6.45, 7) is 11.3. The van der Waals surface area contributed by atoms with Gasteiger partial charge in [0.15, 0.2) is 0 Å². The summed E-state index contributed by atoms with van der Waals surface area (Å²) < 4.78 is 11.9. The summed E-state index contributed by atoms with van der Waals surface area (Å²) in [5.41, 5.74) is 3.50. The Hall–Kier alpha value is -1.81. The van der Waals surface area contributed by atoms with Crippen LogP contribution < -0.4 is 9.47 Å². The van der Waals surface area contributed by atoms with Crippen molar-refractivity contribution in [3.63, 3.8) is 0 Å². The molecule has 5 heteroatoms. The molecule has 28 heavy (non-hydrogen) atoms. The highest BCUT2D eigenvalue weighted by atomic mass is 35.5. The highest BCUT2D eigenvalue weighted by Crippen LogP contribution is 2.34. The van der Waals surface area contributed by atoms with Gasteiger partial charge in [-0.2, -0.15) is 0 Å². The first-order valence-electron chi connectivity index (χ1n) is 10.6. The number of nitrogens with zero attached hydrogens (tertiary/aromatic N) is 2. The molecule has 0 amide bonds. The van der Waals surface area contributed by atoms with Gasteiger partial charge in [0, 0.05) is 5.56 Å². The third kappa shape index (κ3) is 5.60. The summed E-state index contributed by atoms with van der Waals surface area (Å²) in [5, 5.41) is 0.633. The van der Waals surface area contributed by atoms with Crippen molar-refractivity contribution in [2.45, 2.75) is 79.2 Å². The van der Waals surface area contributed by atoms with E-state index in [-0.39, 0.29) is 6.10 Å². The number of aromatic nitrogens is 2. The molecule has 4 nitrogen and oxygen atoms in total. The van der Waals surface area contributed by atoms with Gasteiger partial charge in [0.2, 0.25) is 5.88 Å². The Balaban J connectivity index is 2.39. The first-order valence-corrected chi connectivity index (χ1v) is 10.9. The van der Waals surface area contributed by atoms with Crippen molar-refractivity contribution < 1.29 is 9.47 Å². The summed E-state index contributed by atoms with van der Waals surface area (Å²) in [7, 11) is 0. The molecule has 0 radical (unpaired) electrons. The Labute approximate surface area is 174 Å². The maximum atomic E-state index is 6.59. The highest BCUT2D eigenvalue weighted by Gasteiger charge is 2.18. The van der Waals surface area contributed by atoms with Gasteiger partial charge in [-0.1, -0.05) is 52.6 Å². The average molecular weight is 405 g/mol. The van der Waals surface area contributed by atoms with E-state index in [2.05, 4.69) is 34.6 Å². The lowest BCUT2D eigenvalue weighted by atomic mass is 10.1. The van der Waals surface area contributed by atoms with Gasteiger partial charge in [0.1, 0.15) is 11.4 Å². The fraction of sp³-hybridized carbons (Fsp3) is 0.565. The van der Waals surface area contributed by atoms with Crippen molar-refractivity contribution in [2.75, 3.05) is 6.61 Å². The highest BCUT2D eigenvalue weighted by molar-refractivity contribution is 6.33. The molecule has 0 saturated heterocycles. The zero-order valence-corrected chi connectivity index (χ0v) is 18.6. The molecule has 0 aliphatic rings. The zero-order chi connectivity index (χ0) is 20.5. The van der Waals surface area contributed by atoms with Crippen LogP contribution in [0.1, 0.15) is 71.7 Å². The molecule has 0 atom stereocenters. The van der Waals surface area contributed by atoms with Crippen molar-refractivity contribution in [2.24, 2.45) is 0 Å². The molecular formula is C23H33ClN2O2. The van der Waals surface area contributed by atoms with Crippen LogP contribution in [-0.2, 0) is 12.8 Å². The molecule has 0 saturated carbocycles. The predicted octanol–water partition coefficient (Wildman–Crippen LogP) is 6.67. The maximum absolute atomic E-state index is 6.59. The average Bonchev–Trinajstić information content (AvgIpc) is 2.72. The fourth-order valence-electron chi connectivity index (χ4n) is 3.00. The second-order valence-corrected chi connectivity index (χ2v) is 7.29. The Morgan fingerprint density at radius 1 is 0.964 bits per heavy atom. The topological polar surface area (TPSA) is 44.2 Å². The van der Waals surface area contributed by atoms with Crippen LogP contribution in [0.3, 0.4) is 0 Å². The summed E-state index contributed by atoms with van der Waals surface area (Å²) in [6.07, 6.45) is 5.73. The molecule has 0 N–H and O–H groups in total. The molecule has 0 bridgehead atoms. The van der Waals surface area contributed by atoms with E-state index in [0.29, 0.717) is 17.5 Å². The van der Waals surface area contributed by atoms with Crippen LogP contribution in [-0.4, -0.2) is 22.7 Å². The second-order valence-electron chi connectivity index (χ2n) is 6.88. The van der Waals surface area contributed by atoms with Crippen LogP contribution in [0.25, 0.3) is 11.3 Å². The number of aryl methyl sites for hydroxylation is 2. The molecule has 2 rings (SSSR count). The van der Waals surface area contributed by atoms with Crippen LogP contribution in [0.15, 0.2) is 18.2 Å². The molecule has 2 aromatic rings. The van der Waals surface area contributed by atoms with Crippen molar-refractivity contribution in [1.29, 1.82) is 0 Å². The molecule has 0 unspecified atom stereocenters. The van der Waals surface area contributed by atoms with Gasteiger partial charge in [-0.25, -0.2) is 9.97 Å². The van der Waals surface area contributed by atoms with Crippen LogP contribution in [0.4, 0.5) is 0 Å². The second kappa shape index (κ2) is 11.3. The number of hydrogen-bond acceptors (Lipinski definition) is 4. The number of benzene rings is 1. The van der Waals surface area contributed by atoms with Crippen molar-refractivity contribution in [1.82, 2.24) is 9.97 Å². The van der Waals surface area contributed by atoms with Gasteiger partial charge in [0.05, 0.1) is 29.1 Å². The third-order valence-electron chi connectivity index (χ3n) is 4.82. The van der Waals surface area contributed by atoms with Crippen LogP contribution in [0, 0.1) is 0 Å². The molecule has 1 heterocycles. The summed E-state index contributed by atoms with van der Waals surface area (Å²) in [6, 6.07) is 5.81. The largest absolute Gasteiger partial charge is 0.494 e. The van der Waals surface area contributed by atoms with E-state index in [1.807, 2.05) is 18.2 Å². The van der Waals surface area contributed by atoms with E-state index < -0.39 is 0 Å². The van der Waals surface area contributed by atoms with Gasteiger partial charge in [-0.3, -0.25) is 0 Å². The molecule has 0 aliphatic carbocycles. The molecular weight excluding hydrogens is 372 g/mol. The Kier molecular flexibility index (Phi) is 9.04. The number of ether oxygens (including phenoxy) is 2. The summed E-state index contributed by atoms with van der Waals surface area (Å²) in [4.78, 5) is 9.73. The number of hydrogen-bond donors (Lipinski definition) is 0. The smallest absolute Gasteiger partial charge is 0.236 e. The van der Waals surface area contributed by atoms with Crippen LogP contribution >= 0.6 is 11.6 Å². The molecule has 0 aliphatic heterocycles. The third-order valence-corrected chi connectivity index (χ3v) is 5.14. The van der Waals surface area contributed by atoms with Crippen molar-refractivity contribution in [3.8, 4) is 22.9 Å². The molecule has 154 valence electrons. The monoisotopic (exact) mass is 404 g/mol. The van der Waals surface area contributed by atoms with E-state index >= 15 is 0 Å². The van der Waals surface area contributed by atoms with E-state index in [1.165, 1.54) is 0 Å². The fourth-order valence-corrected chi connectivity index (χ4v) is 3.26. The van der Waals surface area contributed by atoms with E-state index in [4.69, 9.17) is 31.0 Å². The van der Waals surface area contributed by atoms with Gasteiger partial charge in [-0.05, 0) is 50.3 Å². The number of halogens is 1. The lowest BCUT2D eigenvalue weighted by molar-refractivity contribution is 0.181. The van der Waals surface area contributed by atoms with Crippen LogP contribution in [0.2, 0.25) is 5.02 Å². The summed E-state index contributed by atoms with van der Waals surface area (Å²) >= 11 is 6.59. The molecule has 0 spiro atoms. The molecule has 1 aromatic carbocycles. The maximum Gasteiger partial charge on any atom is 0.236 e. The molecule has 1 aromatic heterocycles. The Bertz CT molecular complexity index is 761. The van der Waals surface area contributed by atoms with E-state index in [9.17, 15) is 0 Å². The van der Waals surface area contributed by atoms with Crippen molar-refractivity contribution in [3.05, 3.63) is 34.6 Å². The lowest BCUT2D eigenvalue weighted by Crippen LogP contribution is -2.17. The van der Waals surface area contributed by atoms with Gasteiger partial charge >= 0.3 is 0 Å². The SMILES string of the molecule is CCCCOc1ccc(-c2nc(CC)c(OC(CC)CC)nc2CC)c(Cl)c1. The van der Waals surface area contributed by atoms with Gasteiger partial charge < -0.3 is 9.47 Å². The van der Waals surface area contributed by atoms with Gasteiger partial charge in [-0.15, -0.1) is 0 Å². The minimum absolute atomic E-state index is 0.165. The first-order chi connectivity index (χ1) is 13.6. The Morgan fingerprint density at radius 3 is 2.25 bits per heavy atom. The minimum Gasteiger partial charge on any atom is -0.494 e. The minimum atomic E-state index is 0.165. The summed E-state index contributed by atoms with van der Waals surface area (Å²) in [5.74, 6) is 1.45. The quantitative estimate of drug-likeness (QED) is 0.392. The van der Waals surface area contributed by atoms with E-state index in [0.717, 1.165) is 66.9 Å². The standard InChI is InChI=1S/C23H33ClN2O2/c1-6-11-14-27-17-12-13-18(19(24)15-17)22-20(9-4)26-23(21(10-5)25-22)28-16(7-2)8-3/h12-13,15-16H,6-11,14H2,1-5H3. The number of rotatable bonds is 11. The van der Waals surface area contributed by atoms with Crippen molar-refractivity contribution >= 4 is 11.6 Å². The lowest BCUT2D eigenvalue weighted by Gasteiger charge is -2.19.